The van der Waals surface area contributed by atoms with Gasteiger partial charge in [0.15, 0.2) is 0 Å². The van der Waals surface area contributed by atoms with Crippen molar-refractivity contribution < 1.29 is 0 Å². The molecule has 0 unspecified atom stereocenters. The highest BCUT2D eigenvalue weighted by atomic mass is 14.4. The van der Waals surface area contributed by atoms with E-state index in [1.807, 2.05) is 13.8 Å². The molecule has 0 atom stereocenters. The standard InChI is InChI=1S/C8H14.C7H12.C3H6.C2H6/c1-2-8-5-3-7(1)4-6-8;1-2-7-4-3-6(1)5-7;1-2-3-1;1-2/h7-8H,1-6H2;6-7H,1-5H2;1-3H2;1-2H3. The topological polar surface area (TPSA) is 0 Å². The Hall–Kier alpha value is 0. The van der Waals surface area contributed by atoms with Gasteiger partial charge in [0.25, 0.3) is 0 Å². The fourth-order valence-corrected chi connectivity index (χ4v) is 4.45. The summed E-state index contributed by atoms with van der Waals surface area (Å²) < 4.78 is 0. The van der Waals surface area contributed by atoms with Crippen molar-refractivity contribution in [1.29, 1.82) is 0 Å². The van der Waals surface area contributed by atoms with Gasteiger partial charge in [-0.3, -0.25) is 0 Å². The smallest absolute Gasteiger partial charge is 0.0411 e. The average molecular weight is 279 g/mol. The van der Waals surface area contributed by atoms with Gasteiger partial charge in [-0.05, 0) is 30.1 Å². The van der Waals surface area contributed by atoms with Crippen LogP contribution in [0, 0.1) is 23.7 Å². The lowest BCUT2D eigenvalue weighted by Gasteiger charge is -2.35. The quantitative estimate of drug-likeness (QED) is 0.448. The molecule has 0 N–H and O–H groups in total. The van der Waals surface area contributed by atoms with Crippen LogP contribution in [0.2, 0.25) is 0 Å². The first-order valence-corrected chi connectivity index (χ1v) is 9.90. The van der Waals surface area contributed by atoms with Gasteiger partial charge in [0.1, 0.15) is 0 Å². The maximum atomic E-state index is 2.00. The Morgan fingerprint density at radius 2 is 0.650 bits per heavy atom. The van der Waals surface area contributed by atoms with E-state index in [4.69, 9.17) is 0 Å². The van der Waals surface area contributed by atoms with E-state index in [2.05, 4.69) is 0 Å². The predicted molar refractivity (Wildman–Crippen MR) is 89.9 cm³/mol. The molecule has 0 aromatic rings. The molecule has 0 aromatic heterocycles. The molecule has 0 saturated heterocycles. The van der Waals surface area contributed by atoms with E-state index in [0.717, 1.165) is 11.8 Å². The minimum atomic E-state index is 1.15. The predicted octanol–water partition coefficient (Wildman–Crippen LogP) is 6.98. The molecule has 6 fully saturated rings. The van der Waals surface area contributed by atoms with Crippen molar-refractivity contribution >= 4 is 0 Å². The zero-order valence-electron chi connectivity index (χ0n) is 14.2. The fourth-order valence-electron chi connectivity index (χ4n) is 4.45. The number of hydrogen-bond acceptors (Lipinski definition) is 0. The van der Waals surface area contributed by atoms with Gasteiger partial charge in [0.2, 0.25) is 0 Å². The molecular weight excluding hydrogens is 240 g/mol. The van der Waals surface area contributed by atoms with Crippen LogP contribution in [0.1, 0.15) is 104 Å². The molecule has 0 radical (unpaired) electrons. The lowest BCUT2D eigenvalue weighted by atomic mass is 9.71. The third kappa shape index (κ3) is 5.78. The van der Waals surface area contributed by atoms with Crippen LogP contribution < -0.4 is 0 Å². The van der Waals surface area contributed by atoms with Gasteiger partial charge in [-0.25, -0.2) is 0 Å². The molecule has 0 nitrogen and oxygen atoms in total. The maximum absolute atomic E-state index is 2.00. The Morgan fingerprint density at radius 3 is 0.750 bits per heavy atom. The number of rotatable bonds is 0. The summed E-state index contributed by atoms with van der Waals surface area (Å²) in [6, 6.07) is 0. The van der Waals surface area contributed by atoms with Crippen LogP contribution in [0.3, 0.4) is 0 Å². The first-order chi connectivity index (χ1) is 9.90. The molecule has 0 spiro atoms. The van der Waals surface area contributed by atoms with Crippen LogP contribution in [0.5, 0.6) is 0 Å². The molecular formula is C20H38. The summed E-state index contributed by atoms with van der Waals surface area (Å²) in [5.74, 6) is 4.65. The van der Waals surface area contributed by atoms with Crippen molar-refractivity contribution in [3.8, 4) is 0 Å². The lowest BCUT2D eigenvalue weighted by molar-refractivity contribution is 0.176. The van der Waals surface area contributed by atoms with E-state index in [0.29, 0.717) is 0 Å². The Balaban J connectivity index is 0.000000112. The van der Waals surface area contributed by atoms with Crippen molar-refractivity contribution in [3.05, 3.63) is 0 Å². The fraction of sp³-hybridized carbons (Fsp3) is 1.00. The summed E-state index contributed by atoms with van der Waals surface area (Å²) in [7, 11) is 0. The van der Waals surface area contributed by atoms with Gasteiger partial charge in [-0.1, -0.05) is 97.3 Å². The van der Waals surface area contributed by atoms with Crippen molar-refractivity contribution in [2.24, 2.45) is 23.7 Å². The van der Waals surface area contributed by atoms with Crippen LogP contribution >= 0.6 is 0 Å². The molecule has 20 heavy (non-hydrogen) atoms. The van der Waals surface area contributed by atoms with Crippen molar-refractivity contribution in [1.82, 2.24) is 0 Å². The Labute approximate surface area is 128 Å². The van der Waals surface area contributed by atoms with Crippen LogP contribution in [-0.2, 0) is 0 Å². The summed E-state index contributed by atoms with van der Waals surface area (Å²) >= 11 is 0. The SMILES string of the molecule is C1CC1.C1CC2CCC1C2.C1CC2CCC1CC2.CC. The van der Waals surface area contributed by atoms with Crippen molar-refractivity contribution in [2.75, 3.05) is 0 Å². The van der Waals surface area contributed by atoms with Crippen LogP contribution in [0.25, 0.3) is 0 Å². The zero-order chi connectivity index (χ0) is 14.2. The maximum Gasteiger partial charge on any atom is -0.0411 e. The third-order valence-electron chi connectivity index (χ3n) is 5.94. The molecule has 6 rings (SSSR count). The summed E-state index contributed by atoms with van der Waals surface area (Å²) in [6.45, 7) is 4.00. The molecule has 0 heteroatoms. The van der Waals surface area contributed by atoms with E-state index in [1.165, 1.54) is 31.1 Å². The largest absolute Gasteiger partial charge is 0.0683 e. The highest BCUT2D eigenvalue weighted by Gasteiger charge is 2.30. The van der Waals surface area contributed by atoms with E-state index < -0.39 is 0 Å². The van der Waals surface area contributed by atoms with E-state index in [-0.39, 0.29) is 0 Å². The van der Waals surface area contributed by atoms with Gasteiger partial charge in [0.05, 0.1) is 0 Å². The summed E-state index contributed by atoms with van der Waals surface area (Å²) in [6.07, 6.45) is 21.7. The van der Waals surface area contributed by atoms with Gasteiger partial charge in [-0.2, -0.15) is 0 Å². The van der Waals surface area contributed by atoms with Crippen molar-refractivity contribution in [2.45, 2.75) is 104 Å². The second-order valence-electron chi connectivity index (χ2n) is 7.65. The molecule has 0 aromatic carbocycles. The van der Waals surface area contributed by atoms with Crippen LogP contribution in [0.4, 0.5) is 0 Å². The molecule has 0 heterocycles. The summed E-state index contributed by atoms with van der Waals surface area (Å²) in [5.41, 5.74) is 0. The Bertz CT molecular complexity index is 191. The number of fused-ring (bicyclic) bond motifs is 5. The molecule has 0 aliphatic heterocycles. The molecule has 6 aliphatic rings. The van der Waals surface area contributed by atoms with E-state index in [9.17, 15) is 0 Å². The molecule has 6 aliphatic carbocycles. The van der Waals surface area contributed by atoms with E-state index >= 15 is 0 Å². The first kappa shape index (κ1) is 16.4. The Kier molecular flexibility index (Phi) is 7.45. The van der Waals surface area contributed by atoms with Gasteiger partial charge in [-0.15, -0.1) is 0 Å². The molecule has 0 amide bonds. The average Bonchev–Trinajstić information content (AvgIpc) is 3.29. The number of hydrogen-bond donors (Lipinski definition) is 0. The normalized spacial score (nSPS) is 38.7. The first-order valence-electron chi connectivity index (χ1n) is 9.90. The van der Waals surface area contributed by atoms with Gasteiger partial charge in [0, 0.05) is 0 Å². The lowest BCUT2D eigenvalue weighted by Crippen LogP contribution is -2.21. The van der Waals surface area contributed by atoms with E-state index in [1.54, 1.807) is 70.6 Å². The second kappa shape index (κ2) is 9.11. The monoisotopic (exact) mass is 278 g/mol. The molecule has 4 bridgehead atoms. The summed E-state index contributed by atoms with van der Waals surface area (Å²) in [5, 5.41) is 0. The second-order valence-corrected chi connectivity index (χ2v) is 7.65. The molecule has 6 saturated carbocycles. The van der Waals surface area contributed by atoms with Crippen LogP contribution in [-0.4, -0.2) is 0 Å². The minimum absolute atomic E-state index is 1.15. The Morgan fingerprint density at radius 1 is 0.400 bits per heavy atom. The third-order valence-corrected chi connectivity index (χ3v) is 5.94. The summed E-state index contributed by atoms with van der Waals surface area (Å²) in [4.78, 5) is 0. The highest BCUT2D eigenvalue weighted by molar-refractivity contribution is 4.82. The van der Waals surface area contributed by atoms with Gasteiger partial charge >= 0.3 is 0 Å². The van der Waals surface area contributed by atoms with Gasteiger partial charge < -0.3 is 0 Å². The molecule has 118 valence electrons. The minimum Gasteiger partial charge on any atom is -0.0683 e. The highest BCUT2D eigenvalue weighted by Crippen LogP contribution is 2.44. The zero-order valence-corrected chi connectivity index (χ0v) is 14.2. The van der Waals surface area contributed by atoms with Crippen LogP contribution in [0.15, 0.2) is 0 Å². The van der Waals surface area contributed by atoms with Crippen molar-refractivity contribution in [3.63, 3.8) is 0 Å².